The topological polar surface area (TPSA) is 158 Å². The van der Waals surface area contributed by atoms with Crippen molar-refractivity contribution in [3.8, 4) is 17.2 Å². The molecule has 5 N–H and O–H groups in total. The van der Waals surface area contributed by atoms with E-state index in [0.717, 1.165) is 10.5 Å². The predicted molar refractivity (Wildman–Crippen MR) is 202 cm³/mol. The molecule has 0 saturated heterocycles. The highest BCUT2D eigenvalue weighted by atomic mass is 32.2. The summed E-state index contributed by atoms with van der Waals surface area (Å²) in [5.74, 6) is -0.885. The molecule has 0 bridgehead atoms. The van der Waals surface area contributed by atoms with Gasteiger partial charge in [0.15, 0.2) is 11.5 Å². The number of anilines is 2. The number of para-hydroxylation sites is 1. The monoisotopic (exact) mass is 716 g/mol. The molecule has 5 aromatic rings. The van der Waals surface area contributed by atoms with Gasteiger partial charge < -0.3 is 35.9 Å². The molecule has 52 heavy (non-hydrogen) atoms. The van der Waals surface area contributed by atoms with Gasteiger partial charge in [0.25, 0.3) is 17.7 Å². The van der Waals surface area contributed by atoms with Crippen LogP contribution in [0.25, 0.3) is 6.08 Å². The van der Waals surface area contributed by atoms with Crippen molar-refractivity contribution in [2.75, 3.05) is 32.0 Å². The number of nitrogens with one attached hydrogen (secondary N) is 3. The van der Waals surface area contributed by atoms with Crippen molar-refractivity contribution in [2.24, 2.45) is 5.73 Å². The number of rotatable bonds is 14. The molecule has 0 heterocycles. The number of thioether (sulfide) groups is 1. The van der Waals surface area contributed by atoms with Crippen LogP contribution in [0, 0.1) is 0 Å². The Balaban J connectivity index is 1.39. The van der Waals surface area contributed by atoms with Crippen LogP contribution in [-0.2, 0) is 9.59 Å². The van der Waals surface area contributed by atoms with Gasteiger partial charge in [-0.15, -0.1) is 11.8 Å². The van der Waals surface area contributed by atoms with E-state index in [2.05, 4.69) is 16.0 Å². The maximum absolute atomic E-state index is 13.8. The number of methoxy groups -OCH3 is 3. The molecule has 0 radical (unpaired) electrons. The first-order chi connectivity index (χ1) is 25.2. The average molecular weight is 717 g/mol. The summed E-state index contributed by atoms with van der Waals surface area (Å²) in [7, 11) is 4.46. The minimum Gasteiger partial charge on any atom is -0.496 e. The van der Waals surface area contributed by atoms with Gasteiger partial charge in [0, 0.05) is 27.8 Å². The number of primary amides is 1. The average Bonchev–Trinajstić information content (AvgIpc) is 3.17. The van der Waals surface area contributed by atoms with E-state index in [-0.39, 0.29) is 17.2 Å². The lowest BCUT2D eigenvalue weighted by molar-refractivity contribution is -0.116. The molecular formula is C40H36N4O7S. The van der Waals surface area contributed by atoms with Crippen LogP contribution in [0.5, 0.6) is 17.2 Å². The second-order valence-corrected chi connectivity index (χ2v) is 12.3. The van der Waals surface area contributed by atoms with Gasteiger partial charge in [-0.3, -0.25) is 19.2 Å². The van der Waals surface area contributed by atoms with E-state index in [9.17, 15) is 19.2 Å². The SMILES string of the molecule is COc1cc(OC)c(OC)cc1/C=C(\NC(=O)c1ccccc1)C(=O)Nc1ccc(SC(C(=O)Nc2ccccc2C(N)=O)c2ccccc2)cc1. The predicted octanol–water partition coefficient (Wildman–Crippen LogP) is 6.69. The molecule has 0 aliphatic heterocycles. The van der Waals surface area contributed by atoms with E-state index in [1.54, 1.807) is 91.0 Å². The van der Waals surface area contributed by atoms with Crippen LogP contribution < -0.4 is 35.9 Å². The highest BCUT2D eigenvalue weighted by molar-refractivity contribution is 8.00. The normalized spacial score (nSPS) is 11.5. The number of nitrogens with two attached hydrogens (primary N) is 1. The van der Waals surface area contributed by atoms with Crippen molar-refractivity contribution in [3.05, 3.63) is 149 Å². The molecule has 0 aliphatic carbocycles. The van der Waals surface area contributed by atoms with Gasteiger partial charge in [-0.2, -0.15) is 0 Å². The Morgan fingerprint density at radius 3 is 1.92 bits per heavy atom. The summed E-state index contributed by atoms with van der Waals surface area (Å²) in [6, 6.07) is 34.4. The Kier molecular flexibility index (Phi) is 12.3. The number of carbonyl (C=O) groups excluding carboxylic acids is 4. The second kappa shape index (κ2) is 17.4. The van der Waals surface area contributed by atoms with Crippen molar-refractivity contribution in [1.29, 1.82) is 0 Å². The Hall–Kier alpha value is -6.53. The highest BCUT2D eigenvalue weighted by Crippen LogP contribution is 2.38. The van der Waals surface area contributed by atoms with Crippen LogP contribution in [0.3, 0.4) is 0 Å². The fourth-order valence-corrected chi connectivity index (χ4v) is 6.15. The molecule has 0 saturated carbocycles. The van der Waals surface area contributed by atoms with Gasteiger partial charge in [-0.1, -0.05) is 60.7 Å². The third-order valence-corrected chi connectivity index (χ3v) is 8.99. The summed E-state index contributed by atoms with van der Waals surface area (Å²) in [5, 5.41) is 7.72. The minimum atomic E-state index is -0.693. The molecule has 0 spiro atoms. The van der Waals surface area contributed by atoms with E-state index < -0.39 is 23.0 Å². The number of carbonyl (C=O) groups is 4. The molecule has 12 heteroatoms. The molecule has 5 aromatic carbocycles. The van der Waals surface area contributed by atoms with E-state index in [4.69, 9.17) is 19.9 Å². The van der Waals surface area contributed by atoms with Crippen molar-refractivity contribution >= 4 is 52.8 Å². The zero-order valence-corrected chi connectivity index (χ0v) is 29.4. The van der Waals surface area contributed by atoms with E-state index in [0.29, 0.717) is 39.8 Å². The zero-order valence-electron chi connectivity index (χ0n) is 28.5. The molecule has 4 amide bonds. The summed E-state index contributed by atoms with van der Waals surface area (Å²) in [5.41, 5.74) is 7.97. The maximum atomic E-state index is 13.8. The fraction of sp³-hybridized carbons (Fsp3) is 0.100. The Labute approximate surface area is 305 Å². The summed E-state index contributed by atoms with van der Waals surface area (Å²) in [6.07, 6.45) is 1.49. The van der Waals surface area contributed by atoms with Crippen molar-refractivity contribution in [1.82, 2.24) is 5.32 Å². The van der Waals surface area contributed by atoms with Crippen molar-refractivity contribution in [2.45, 2.75) is 10.1 Å². The molecule has 1 atom stereocenters. The van der Waals surface area contributed by atoms with Gasteiger partial charge in [0.05, 0.1) is 32.6 Å². The Morgan fingerprint density at radius 2 is 1.29 bits per heavy atom. The first kappa shape index (κ1) is 36.7. The lowest BCUT2D eigenvalue weighted by Crippen LogP contribution is -2.30. The summed E-state index contributed by atoms with van der Waals surface area (Å²) < 4.78 is 16.4. The minimum absolute atomic E-state index is 0.0603. The summed E-state index contributed by atoms with van der Waals surface area (Å²) >= 11 is 1.29. The fourth-order valence-electron chi connectivity index (χ4n) is 5.12. The number of ether oxygens (including phenoxy) is 3. The van der Waals surface area contributed by atoms with Crippen molar-refractivity contribution < 1.29 is 33.4 Å². The first-order valence-corrected chi connectivity index (χ1v) is 16.8. The molecule has 0 aromatic heterocycles. The van der Waals surface area contributed by atoms with Gasteiger partial charge in [0.2, 0.25) is 5.91 Å². The standard InChI is InChI=1S/C40H36N4O7S/c1-49-33-24-35(51-3)34(50-2)23-27(33)22-32(44-38(46)26-14-8-5-9-15-26)39(47)42-28-18-20-29(21-19-28)52-36(25-12-6-4-7-13-25)40(48)43-31-17-11-10-16-30(31)37(41)45/h4-24,36H,1-3H3,(H2,41,45)(H,42,47)(H,43,48)(H,44,46)/b32-22-. The molecule has 11 nitrogen and oxygen atoms in total. The smallest absolute Gasteiger partial charge is 0.272 e. The van der Waals surface area contributed by atoms with E-state index >= 15 is 0 Å². The van der Waals surface area contributed by atoms with Crippen LogP contribution in [-0.4, -0.2) is 45.0 Å². The molecule has 0 fully saturated rings. The third-order valence-electron chi connectivity index (χ3n) is 7.72. The molecular weight excluding hydrogens is 681 g/mol. The van der Waals surface area contributed by atoms with Gasteiger partial charge in [-0.05, 0) is 66.2 Å². The van der Waals surface area contributed by atoms with Gasteiger partial charge in [-0.25, -0.2) is 0 Å². The van der Waals surface area contributed by atoms with E-state index in [1.807, 2.05) is 30.3 Å². The van der Waals surface area contributed by atoms with Crippen molar-refractivity contribution in [3.63, 3.8) is 0 Å². The Bertz CT molecular complexity index is 2090. The largest absolute Gasteiger partial charge is 0.496 e. The summed E-state index contributed by atoms with van der Waals surface area (Å²) in [6.45, 7) is 0. The molecule has 0 aliphatic rings. The number of hydrogen-bond acceptors (Lipinski definition) is 8. The van der Waals surface area contributed by atoms with Crippen LogP contribution >= 0.6 is 11.8 Å². The molecule has 5 rings (SSSR count). The molecule has 264 valence electrons. The lowest BCUT2D eigenvalue weighted by atomic mass is 10.1. The van der Waals surface area contributed by atoms with Gasteiger partial charge >= 0.3 is 0 Å². The van der Waals surface area contributed by atoms with Crippen LogP contribution in [0.4, 0.5) is 11.4 Å². The Morgan fingerprint density at radius 1 is 0.692 bits per heavy atom. The maximum Gasteiger partial charge on any atom is 0.272 e. The van der Waals surface area contributed by atoms with Crippen LogP contribution in [0.15, 0.2) is 132 Å². The molecule has 1 unspecified atom stereocenters. The lowest BCUT2D eigenvalue weighted by Gasteiger charge is -2.18. The van der Waals surface area contributed by atoms with Crippen LogP contribution in [0.1, 0.15) is 37.1 Å². The van der Waals surface area contributed by atoms with Gasteiger partial charge in [0.1, 0.15) is 16.7 Å². The number of benzene rings is 5. The van der Waals surface area contributed by atoms with E-state index in [1.165, 1.54) is 39.2 Å². The van der Waals surface area contributed by atoms with Crippen LogP contribution in [0.2, 0.25) is 0 Å². The highest BCUT2D eigenvalue weighted by Gasteiger charge is 2.24. The zero-order chi connectivity index (χ0) is 37.0. The number of hydrogen-bond donors (Lipinski definition) is 4. The first-order valence-electron chi connectivity index (χ1n) is 15.9. The summed E-state index contributed by atoms with van der Waals surface area (Å²) in [4.78, 5) is 53.3. The third kappa shape index (κ3) is 9.17. The quantitative estimate of drug-likeness (QED) is 0.0731. The second-order valence-electron chi connectivity index (χ2n) is 11.1. The number of amides is 4.